The van der Waals surface area contributed by atoms with E-state index in [1.807, 2.05) is 29.2 Å². The summed E-state index contributed by atoms with van der Waals surface area (Å²) >= 11 is 0. The van der Waals surface area contributed by atoms with Gasteiger partial charge in [-0.15, -0.1) is 35.7 Å². The third-order valence-electron chi connectivity index (χ3n) is 8.56. The number of aromatic nitrogens is 4. The Morgan fingerprint density at radius 3 is 2.36 bits per heavy atom. The molecule has 0 saturated heterocycles. The van der Waals surface area contributed by atoms with Gasteiger partial charge in [0.05, 0.1) is 6.20 Å². The number of benzene rings is 4. The maximum absolute atomic E-state index is 6.56. The summed E-state index contributed by atoms with van der Waals surface area (Å²) < 4.78 is 10.6. The molecule has 238 valence electrons. The summed E-state index contributed by atoms with van der Waals surface area (Å²) in [6, 6.07) is 34.6. The summed E-state index contributed by atoms with van der Waals surface area (Å²) in [6.45, 7) is 11.0. The molecule has 3 aromatic heterocycles. The van der Waals surface area contributed by atoms with Crippen LogP contribution in [0.5, 0.6) is 11.5 Å². The van der Waals surface area contributed by atoms with Gasteiger partial charge in [0.15, 0.2) is 0 Å². The minimum atomic E-state index is 0. The normalized spacial score (nSPS) is 11.4. The van der Waals surface area contributed by atoms with Crippen LogP contribution < -0.4 is 4.74 Å². The van der Waals surface area contributed by atoms with E-state index in [4.69, 9.17) is 14.8 Å². The Kier molecular flexibility index (Phi) is 9.47. The van der Waals surface area contributed by atoms with Crippen LogP contribution in [0.2, 0.25) is 0 Å². The van der Waals surface area contributed by atoms with Crippen LogP contribution in [0.4, 0.5) is 0 Å². The second kappa shape index (κ2) is 13.7. The van der Waals surface area contributed by atoms with Crippen molar-refractivity contribution in [3.8, 4) is 34.1 Å². The average molecular weight is 798 g/mol. The summed E-state index contributed by atoms with van der Waals surface area (Å²) in [5.74, 6) is 2.61. The summed E-state index contributed by atoms with van der Waals surface area (Å²) in [7, 11) is 0. The van der Waals surface area contributed by atoms with Gasteiger partial charge in [0.25, 0.3) is 0 Å². The molecule has 0 unspecified atom stereocenters. The van der Waals surface area contributed by atoms with Crippen LogP contribution >= 0.6 is 0 Å². The molecule has 5 nitrogen and oxygen atoms in total. The first-order valence-corrected chi connectivity index (χ1v) is 16.2. The zero-order chi connectivity index (χ0) is 31.8. The molecule has 0 spiro atoms. The maximum Gasteiger partial charge on any atom is 2.00 e. The van der Waals surface area contributed by atoms with Crippen molar-refractivity contribution in [2.24, 2.45) is 5.92 Å². The fourth-order valence-electron chi connectivity index (χ4n) is 6.48. The monoisotopic (exact) mass is 797 g/mol. The van der Waals surface area contributed by atoms with Crippen LogP contribution in [-0.4, -0.2) is 19.3 Å². The van der Waals surface area contributed by atoms with Gasteiger partial charge in [-0.05, 0) is 83.6 Å². The molecule has 0 radical (unpaired) electrons. The second-order valence-corrected chi connectivity index (χ2v) is 12.4. The smallest absolute Gasteiger partial charge is 0.509 e. The Morgan fingerprint density at radius 1 is 0.830 bits per heavy atom. The van der Waals surface area contributed by atoms with Crippen molar-refractivity contribution in [2.75, 3.05) is 0 Å². The molecule has 0 bridgehead atoms. The predicted molar refractivity (Wildman–Crippen MR) is 187 cm³/mol. The SMILES string of the molecule is CCc1cccc(CC)c1-c1cnn(-c2[c-]c(Oc3[c-]c4c(cc3)c3ccccc3n4-c3cc(C)ccn3)cc(CC(C)C)c2)c1.[Pt+2]. The van der Waals surface area contributed by atoms with Crippen molar-refractivity contribution in [3.63, 3.8) is 0 Å². The zero-order valence-corrected chi connectivity index (χ0v) is 29.7. The summed E-state index contributed by atoms with van der Waals surface area (Å²) in [5.41, 5.74) is 10.3. The first-order chi connectivity index (χ1) is 22.4. The molecule has 6 heteroatoms. The van der Waals surface area contributed by atoms with E-state index in [1.165, 1.54) is 22.3 Å². The predicted octanol–water partition coefficient (Wildman–Crippen LogP) is 10.1. The van der Waals surface area contributed by atoms with Crippen molar-refractivity contribution < 1.29 is 25.8 Å². The van der Waals surface area contributed by atoms with Gasteiger partial charge in [0.1, 0.15) is 5.82 Å². The molecule has 0 N–H and O–H groups in total. The van der Waals surface area contributed by atoms with E-state index in [9.17, 15) is 0 Å². The van der Waals surface area contributed by atoms with Crippen LogP contribution in [0, 0.1) is 25.0 Å². The van der Waals surface area contributed by atoms with Crippen molar-refractivity contribution >= 4 is 21.8 Å². The number of aryl methyl sites for hydroxylation is 3. The van der Waals surface area contributed by atoms with E-state index < -0.39 is 0 Å². The number of hydrogen-bond acceptors (Lipinski definition) is 3. The standard InChI is InChI=1S/C41H38N4O.Pt/c1-6-30-11-10-12-31(7-2)41(30)32-25-43-44(26-32)33-21-29(19-27(3)4)22-35(23-33)46-34-15-16-37-36-13-8-9-14-38(36)45(39(37)24-34)40-20-28(5)17-18-42-40;/h8-18,20-22,25-27H,6-7,19H2,1-5H3;/q-2;+2. The molecular formula is C41H38N4OPt. The zero-order valence-electron chi connectivity index (χ0n) is 27.4. The number of rotatable bonds is 9. The van der Waals surface area contributed by atoms with Crippen LogP contribution in [0.25, 0.3) is 44.4 Å². The van der Waals surface area contributed by atoms with Crippen molar-refractivity contribution in [1.82, 2.24) is 19.3 Å². The molecule has 0 aliphatic carbocycles. The molecule has 0 atom stereocenters. The van der Waals surface area contributed by atoms with Gasteiger partial charge < -0.3 is 9.30 Å². The molecule has 7 rings (SSSR count). The number of para-hydroxylation sites is 1. The fraction of sp³-hybridized carbons (Fsp3) is 0.220. The first kappa shape index (κ1) is 32.5. The second-order valence-electron chi connectivity index (χ2n) is 12.4. The fourth-order valence-corrected chi connectivity index (χ4v) is 6.48. The van der Waals surface area contributed by atoms with Crippen molar-refractivity contribution in [1.29, 1.82) is 0 Å². The summed E-state index contributed by atoms with van der Waals surface area (Å²) in [5, 5.41) is 7.07. The van der Waals surface area contributed by atoms with Gasteiger partial charge in [-0.25, -0.2) is 4.98 Å². The van der Waals surface area contributed by atoms with Gasteiger partial charge in [0.2, 0.25) is 0 Å². The Labute approximate surface area is 291 Å². The minimum Gasteiger partial charge on any atom is -0.509 e. The number of ether oxygens (including phenoxy) is 1. The molecule has 0 saturated carbocycles. The van der Waals surface area contributed by atoms with Crippen molar-refractivity contribution in [3.05, 3.63) is 132 Å². The quantitative estimate of drug-likeness (QED) is 0.137. The van der Waals surface area contributed by atoms with Gasteiger partial charge >= 0.3 is 21.1 Å². The minimum absolute atomic E-state index is 0. The Balaban J connectivity index is 0.00000386. The molecule has 0 aliphatic rings. The van der Waals surface area contributed by atoms with Gasteiger partial charge in [-0.1, -0.05) is 69.6 Å². The molecule has 0 fully saturated rings. The van der Waals surface area contributed by atoms with Gasteiger partial charge in [-0.3, -0.25) is 4.68 Å². The molecule has 7 aromatic rings. The molecule has 0 amide bonds. The van der Waals surface area contributed by atoms with E-state index in [-0.39, 0.29) is 21.1 Å². The molecule has 4 aromatic carbocycles. The number of pyridine rings is 1. The van der Waals surface area contributed by atoms with E-state index in [0.717, 1.165) is 63.7 Å². The average Bonchev–Trinajstić information content (AvgIpc) is 3.67. The van der Waals surface area contributed by atoms with Crippen LogP contribution in [0.3, 0.4) is 0 Å². The largest absolute Gasteiger partial charge is 2.00 e. The van der Waals surface area contributed by atoms with Crippen LogP contribution in [0.15, 0.2) is 97.5 Å². The van der Waals surface area contributed by atoms with Crippen LogP contribution in [0.1, 0.15) is 49.9 Å². The van der Waals surface area contributed by atoms with Gasteiger partial charge in [-0.2, -0.15) is 16.7 Å². The third kappa shape index (κ3) is 6.42. The maximum atomic E-state index is 6.56. The molecule has 3 heterocycles. The number of hydrogen-bond donors (Lipinski definition) is 0. The number of fused-ring (bicyclic) bond motifs is 3. The third-order valence-corrected chi connectivity index (χ3v) is 8.56. The van der Waals surface area contributed by atoms with E-state index >= 15 is 0 Å². The molecular weight excluding hydrogens is 760 g/mol. The topological polar surface area (TPSA) is 44.9 Å². The van der Waals surface area contributed by atoms with Crippen molar-refractivity contribution in [2.45, 2.75) is 53.9 Å². The Bertz CT molecular complexity index is 2170. The van der Waals surface area contributed by atoms with Crippen LogP contribution in [-0.2, 0) is 40.3 Å². The number of nitrogens with zero attached hydrogens (tertiary/aromatic N) is 4. The van der Waals surface area contributed by atoms with E-state index in [2.05, 4.69) is 124 Å². The summed E-state index contributed by atoms with van der Waals surface area (Å²) in [4.78, 5) is 4.71. The Hall–Kier alpha value is -4.47. The Morgan fingerprint density at radius 2 is 1.62 bits per heavy atom. The first-order valence-electron chi connectivity index (χ1n) is 16.2. The molecule has 47 heavy (non-hydrogen) atoms. The summed E-state index contributed by atoms with van der Waals surface area (Å²) in [6.07, 6.45) is 8.81. The van der Waals surface area contributed by atoms with E-state index in [0.29, 0.717) is 17.4 Å². The van der Waals surface area contributed by atoms with E-state index in [1.54, 1.807) is 0 Å². The van der Waals surface area contributed by atoms with Gasteiger partial charge in [0, 0.05) is 35.0 Å². The molecule has 0 aliphatic heterocycles.